The van der Waals surface area contributed by atoms with E-state index < -0.39 is 0 Å². The molecule has 6 nitrogen and oxygen atoms in total. The number of aromatic nitrogens is 2. The summed E-state index contributed by atoms with van der Waals surface area (Å²) in [5, 5.41) is 2.79. The molecular weight excluding hydrogens is 330 g/mol. The van der Waals surface area contributed by atoms with Gasteiger partial charge in [0.15, 0.2) is 0 Å². The molecule has 1 heterocycles. The van der Waals surface area contributed by atoms with E-state index >= 15 is 0 Å². The first-order chi connectivity index (χ1) is 12.7. The normalized spacial score (nSPS) is 10.5. The van der Waals surface area contributed by atoms with Crippen molar-refractivity contribution in [1.82, 2.24) is 9.97 Å². The third-order valence-electron chi connectivity index (χ3n) is 3.43. The van der Waals surface area contributed by atoms with Gasteiger partial charge in [-0.1, -0.05) is 18.2 Å². The molecule has 2 aromatic carbocycles. The Bertz CT molecular complexity index is 894. The van der Waals surface area contributed by atoms with Crippen molar-refractivity contribution in [2.45, 2.75) is 0 Å². The molecule has 1 N–H and O–H groups in total. The number of hydrogen-bond donors (Lipinski definition) is 1. The minimum Gasteiger partial charge on any atom is -0.496 e. The molecule has 0 saturated heterocycles. The SMILES string of the molecule is COc1ccccc1/C=C\C(=O)Nc1ccc(Oc2ncccn2)cc1. The number of para-hydroxylation sites is 1. The molecule has 1 aromatic heterocycles. The zero-order valence-corrected chi connectivity index (χ0v) is 14.1. The van der Waals surface area contributed by atoms with Gasteiger partial charge < -0.3 is 14.8 Å². The highest BCUT2D eigenvalue weighted by molar-refractivity contribution is 6.02. The monoisotopic (exact) mass is 347 g/mol. The number of ether oxygens (including phenoxy) is 2. The summed E-state index contributed by atoms with van der Waals surface area (Å²) in [5.41, 5.74) is 1.48. The van der Waals surface area contributed by atoms with E-state index in [4.69, 9.17) is 9.47 Å². The number of methoxy groups -OCH3 is 1. The fraction of sp³-hybridized carbons (Fsp3) is 0.0500. The first-order valence-corrected chi connectivity index (χ1v) is 7.91. The minimum atomic E-state index is -0.240. The number of hydrogen-bond acceptors (Lipinski definition) is 5. The quantitative estimate of drug-likeness (QED) is 0.684. The first kappa shape index (κ1) is 17.2. The zero-order valence-electron chi connectivity index (χ0n) is 14.1. The van der Waals surface area contributed by atoms with Gasteiger partial charge in [-0.15, -0.1) is 0 Å². The Morgan fingerprint density at radius 2 is 1.73 bits per heavy atom. The van der Waals surface area contributed by atoms with Crippen LogP contribution < -0.4 is 14.8 Å². The molecule has 0 aliphatic carbocycles. The third-order valence-corrected chi connectivity index (χ3v) is 3.43. The van der Waals surface area contributed by atoms with E-state index in [2.05, 4.69) is 15.3 Å². The number of nitrogens with one attached hydrogen (secondary N) is 1. The highest BCUT2D eigenvalue weighted by atomic mass is 16.5. The average molecular weight is 347 g/mol. The number of nitrogens with zero attached hydrogens (tertiary/aromatic N) is 2. The van der Waals surface area contributed by atoms with E-state index in [-0.39, 0.29) is 11.9 Å². The molecule has 0 aliphatic rings. The maximum absolute atomic E-state index is 12.1. The lowest BCUT2D eigenvalue weighted by atomic mass is 10.2. The Hall–Kier alpha value is -3.67. The van der Waals surface area contributed by atoms with Gasteiger partial charge >= 0.3 is 6.01 Å². The number of carbonyl (C=O) groups excluding carboxylic acids is 1. The summed E-state index contributed by atoms with van der Waals surface area (Å²) in [5.74, 6) is 1.05. The largest absolute Gasteiger partial charge is 0.496 e. The standard InChI is InChI=1S/C20H17N3O3/c1-25-18-6-3-2-5-15(18)7-12-19(24)23-16-8-10-17(11-9-16)26-20-21-13-4-14-22-20/h2-14H,1H3,(H,23,24)/b12-7-. The Morgan fingerprint density at radius 1 is 1.00 bits per heavy atom. The van der Waals surface area contributed by atoms with Crippen LogP contribution in [-0.2, 0) is 4.79 Å². The third kappa shape index (κ3) is 4.67. The van der Waals surface area contributed by atoms with Crippen molar-refractivity contribution in [3.05, 3.63) is 78.6 Å². The lowest BCUT2D eigenvalue weighted by Gasteiger charge is -2.06. The molecule has 130 valence electrons. The highest BCUT2D eigenvalue weighted by Crippen LogP contribution is 2.21. The molecule has 1 amide bonds. The Balaban J connectivity index is 1.60. The minimum absolute atomic E-state index is 0.240. The summed E-state index contributed by atoms with van der Waals surface area (Å²) in [6.45, 7) is 0. The first-order valence-electron chi connectivity index (χ1n) is 7.91. The molecular formula is C20H17N3O3. The second-order valence-corrected chi connectivity index (χ2v) is 5.22. The van der Waals surface area contributed by atoms with E-state index in [1.807, 2.05) is 24.3 Å². The molecule has 0 unspecified atom stereocenters. The van der Waals surface area contributed by atoms with E-state index in [0.717, 1.165) is 5.56 Å². The topological polar surface area (TPSA) is 73.3 Å². The van der Waals surface area contributed by atoms with Gasteiger partial charge in [-0.05, 0) is 42.5 Å². The Kier molecular flexibility index (Phi) is 5.57. The fourth-order valence-electron chi connectivity index (χ4n) is 2.20. The van der Waals surface area contributed by atoms with Crippen LogP contribution in [-0.4, -0.2) is 23.0 Å². The summed E-state index contributed by atoms with van der Waals surface area (Å²) in [7, 11) is 1.59. The van der Waals surface area contributed by atoms with Crippen molar-refractivity contribution < 1.29 is 14.3 Å². The van der Waals surface area contributed by atoms with E-state index in [0.29, 0.717) is 17.2 Å². The van der Waals surface area contributed by atoms with Crippen LogP contribution in [0, 0.1) is 0 Å². The number of carbonyl (C=O) groups is 1. The van der Waals surface area contributed by atoms with Gasteiger partial charge in [-0.3, -0.25) is 4.79 Å². The molecule has 3 rings (SSSR count). The lowest BCUT2D eigenvalue weighted by Crippen LogP contribution is -2.07. The molecule has 0 radical (unpaired) electrons. The van der Waals surface area contributed by atoms with Gasteiger partial charge in [0.05, 0.1) is 7.11 Å². The molecule has 0 fully saturated rings. The molecule has 0 saturated carbocycles. The summed E-state index contributed by atoms with van der Waals surface area (Å²) in [6.07, 6.45) is 6.37. The van der Waals surface area contributed by atoms with Crippen molar-refractivity contribution in [1.29, 1.82) is 0 Å². The number of anilines is 1. The molecule has 6 heteroatoms. The predicted octanol–water partition coefficient (Wildman–Crippen LogP) is 3.93. The fourth-order valence-corrected chi connectivity index (χ4v) is 2.20. The van der Waals surface area contributed by atoms with Gasteiger partial charge in [-0.25, -0.2) is 9.97 Å². The van der Waals surface area contributed by atoms with Crippen LogP contribution in [0.1, 0.15) is 5.56 Å². The second kappa shape index (κ2) is 8.43. The summed E-state index contributed by atoms with van der Waals surface area (Å²) in [6, 6.07) is 16.4. The molecule has 0 bridgehead atoms. The van der Waals surface area contributed by atoms with Crippen LogP contribution in [0.3, 0.4) is 0 Å². The van der Waals surface area contributed by atoms with Crippen molar-refractivity contribution in [3.8, 4) is 17.5 Å². The van der Waals surface area contributed by atoms with Crippen molar-refractivity contribution in [3.63, 3.8) is 0 Å². The molecule has 0 atom stereocenters. The molecule has 0 aliphatic heterocycles. The molecule has 0 spiro atoms. The molecule has 26 heavy (non-hydrogen) atoms. The lowest BCUT2D eigenvalue weighted by molar-refractivity contribution is -0.111. The van der Waals surface area contributed by atoms with Crippen LogP contribution in [0.2, 0.25) is 0 Å². The number of rotatable bonds is 6. The van der Waals surface area contributed by atoms with E-state index in [1.165, 1.54) is 6.08 Å². The van der Waals surface area contributed by atoms with Crippen LogP contribution in [0.15, 0.2) is 73.1 Å². The summed E-state index contributed by atoms with van der Waals surface area (Å²) in [4.78, 5) is 20.1. The van der Waals surface area contributed by atoms with Crippen LogP contribution in [0.4, 0.5) is 5.69 Å². The number of benzene rings is 2. The van der Waals surface area contributed by atoms with Crippen molar-refractivity contribution >= 4 is 17.7 Å². The van der Waals surface area contributed by atoms with Gasteiger partial charge in [0, 0.05) is 29.7 Å². The van der Waals surface area contributed by atoms with Gasteiger partial charge in [0.1, 0.15) is 11.5 Å². The second-order valence-electron chi connectivity index (χ2n) is 5.22. The van der Waals surface area contributed by atoms with Crippen LogP contribution >= 0.6 is 0 Å². The molecule has 3 aromatic rings. The Labute approximate surface area is 151 Å². The van der Waals surface area contributed by atoms with Crippen LogP contribution in [0.25, 0.3) is 6.08 Å². The van der Waals surface area contributed by atoms with Gasteiger partial charge in [0.25, 0.3) is 0 Å². The van der Waals surface area contributed by atoms with Crippen molar-refractivity contribution in [2.75, 3.05) is 12.4 Å². The average Bonchev–Trinajstić information content (AvgIpc) is 2.69. The van der Waals surface area contributed by atoms with E-state index in [9.17, 15) is 4.79 Å². The van der Waals surface area contributed by atoms with Crippen LogP contribution in [0.5, 0.6) is 17.5 Å². The zero-order chi connectivity index (χ0) is 18.2. The predicted molar refractivity (Wildman–Crippen MR) is 99.2 cm³/mol. The summed E-state index contributed by atoms with van der Waals surface area (Å²) >= 11 is 0. The summed E-state index contributed by atoms with van der Waals surface area (Å²) < 4.78 is 10.8. The van der Waals surface area contributed by atoms with E-state index in [1.54, 1.807) is 55.9 Å². The van der Waals surface area contributed by atoms with Crippen molar-refractivity contribution in [2.24, 2.45) is 0 Å². The van der Waals surface area contributed by atoms with Gasteiger partial charge in [-0.2, -0.15) is 0 Å². The maximum Gasteiger partial charge on any atom is 0.321 e. The number of amides is 1. The van der Waals surface area contributed by atoms with Gasteiger partial charge in [0.2, 0.25) is 5.91 Å². The Morgan fingerprint density at radius 3 is 2.46 bits per heavy atom. The maximum atomic E-state index is 12.1. The highest BCUT2D eigenvalue weighted by Gasteiger charge is 2.02. The smallest absolute Gasteiger partial charge is 0.321 e.